The average molecular weight is 358 g/mol. The topological polar surface area (TPSA) is 161 Å². The second kappa shape index (κ2) is 7.21. The molecule has 0 aromatic heterocycles. The number of nitro groups is 2. The zero-order chi connectivity index (χ0) is 19.4. The van der Waals surface area contributed by atoms with Gasteiger partial charge in [-0.3, -0.25) is 20.2 Å². The van der Waals surface area contributed by atoms with Crippen LogP contribution in [-0.2, 0) is 0 Å². The summed E-state index contributed by atoms with van der Waals surface area (Å²) < 4.78 is 0. The first-order valence-electron chi connectivity index (χ1n) is 6.94. The van der Waals surface area contributed by atoms with E-state index in [0.29, 0.717) is 0 Å². The summed E-state index contributed by atoms with van der Waals surface area (Å²) in [7, 11) is 0. The van der Waals surface area contributed by atoms with Crippen molar-refractivity contribution >= 4 is 23.3 Å². The van der Waals surface area contributed by atoms with Gasteiger partial charge in [-0.25, -0.2) is 9.59 Å². The molecule has 132 valence electrons. The minimum atomic E-state index is -1.76. The lowest BCUT2D eigenvalue weighted by Crippen LogP contribution is -2.15. The molecule has 2 aromatic rings. The molecule has 0 heterocycles. The summed E-state index contributed by atoms with van der Waals surface area (Å²) in [6.45, 7) is 0. The number of hydrogen-bond acceptors (Lipinski definition) is 6. The second-order valence-corrected chi connectivity index (χ2v) is 4.92. The van der Waals surface area contributed by atoms with Crippen LogP contribution < -0.4 is 0 Å². The Labute approximate surface area is 144 Å². The van der Waals surface area contributed by atoms with Gasteiger partial charge in [0.25, 0.3) is 0 Å². The Kier molecular flexibility index (Phi) is 5.07. The molecule has 0 aliphatic heterocycles. The predicted molar refractivity (Wildman–Crippen MR) is 87.6 cm³/mol. The lowest BCUT2D eigenvalue weighted by molar-refractivity contribution is -0.406. The number of carboxylic acid groups (broad SMARTS) is 2. The van der Waals surface area contributed by atoms with Crippen molar-refractivity contribution in [2.24, 2.45) is 0 Å². The van der Waals surface area contributed by atoms with Crippen LogP contribution in [0.4, 0.5) is 0 Å². The van der Waals surface area contributed by atoms with Crippen LogP contribution in [0.25, 0.3) is 11.4 Å². The van der Waals surface area contributed by atoms with E-state index in [4.69, 9.17) is 5.11 Å². The zero-order valence-electron chi connectivity index (χ0n) is 12.9. The van der Waals surface area contributed by atoms with Crippen molar-refractivity contribution in [1.82, 2.24) is 0 Å². The maximum Gasteiger partial charge on any atom is 0.354 e. The van der Waals surface area contributed by atoms with E-state index in [9.17, 15) is 34.9 Å². The Morgan fingerprint density at radius 1 is 0.731 bits per heavy atom. The van der Waals surface area contributed by atoms with Crippen molar-refractivity contribution in [1.29, 1.82) is 0 Å². The summed E-state index contributed by atoms with van der Waals surface area (Å²) >= 11 is 0. The number of hydrogen-bond donors (Lipinski definition) is 2. The fourth-order valence-corrected chi connectivity index (χ4v) is 2.40. The molecule has 0 saturated carbocycles. The summed E-state index contributed by atoms with van der Waals surface area (Å²) in [5, 5.41) is 41.6. The highest BCUT2D eigenvalue weighted by Gasteiger charge is 2.36. The highest BCUT2D eigenvalue weighted by molar-refractivity contribution is 6.06. The van der Waals surface area contributed by atoms with E-state index in [2.05, 4.69) is 0 Å². The molecule has 0 radical (unpaired) electrons. The van der Waals surface area contributed by atoms with E-state index in [1.165, 1.54) is 24.3 Å². The third-order valence-corrected chi connectivity index (χ3v) is 3.40. The van der Waals surface area contributed by atoms with Crippen molar-refractivity contribution in [3.63, 3.8) is 0 Å². The maximum atomic E-state index is 11.6. The molecule has 0 spiro atoms. The third kappa shape index (κ3) is 3.38. The minimum Gasteiger partial charge on any atom is -0.478 e. The molecule has 0 saturated heterocycles. The SMILES string of the molecule is O=C(O)c1cccc(C(=C(c2ccccc2)[N+](=O)[O-])[N+](=O)[O-])c1C(=O)O. The Morgan fingerprint density at radius 3 is 1.73 bits per heavy atom. The normalized spacial score (nSPS) is 11.4. The summed E-state index contributed by atoms with van der Waals surface area (Å²) in [6, 6.07) is 9.87. The Morgan fingerprint density at radius 2 is 1.27 bits per heavy atom. The first-order valence-corrected chi connectivity index (χ1v) is 6.94. The third-order valence-electron chi connectivity index (χ3n) is 3.40. The summed E-state index contributed by atoms with van der Waals surface area (Å²) in [5.41, 5.74) is -4.46. The molecule has 26 heavy (non-hydrogen) atoms. The molecule has 2 rings (SSSR count). The van der Waals surface area contributed by atoms with Gasteiger partial charge in [0, 0.05) is 0 Å². The number of benzene rings is 2. The lowest BCUT2D eigenvalue weighted by Gasteiger charge is -2.08. The quantitative estimate of drug-likeness (QED) is 0.452. The van der Waals surface area contributed by atoms with E-state index in [1.54, 1.807) is 6.07 Å². The zero-order valence-corrected chi connectivity index (χ0v) is 12.9. The number of carbonyl (C=O) groups is 2. The van der Waals surface area contributed by atoms with Crippen LogP contribution in [0, 0.1) is 20.2 Å². The maximum absolute atomic E-state index is 11.6. The molecular weight excluding hydrogens is 348 g/mol. The van der Waals surface area contributed by atoms with Gasteiger partial charge in [-0.2, -0.15) is 0 Å². The van der Waals surface area contributed by atoms with Gasteiger partial charge in [-0.1, -0.05) is 24.3 Å². The lowest BCUT2D eigenvalue weighted by atomic mass is 9.96. The van der Waals surface area contributed by atoms with Gasteiger partial charge in [-0.05, 0) is 24.3 Å². The molecule has 0 aliphatic rings. The van der Waals surface area contributed by atoms with Gasteiger partial charge >= 0.3 is 23.3 Å². The molecule has 10 nitrogen and oxygen atoms in total. The van der Waals surface area contributed by atoms with E-state index in [-0.39, 0.29) is 5.56 Å². The molecule has 0 aliphatic carbocycles. The van der Waals surface area contributed by atoms with Crippen molar-refractivity contribution in [2.45, 2.75) is 0 Å². The molecule has 0 amide bonds. The van der Waals surface area contributed by atoms with E-state index in [0.717, 1.165) is 18.2 Å². The highest BCUT2D eigenvalue weighted by atomic mass is 16.6. The smallest absolute Gasteiger partial charge is 0.354 e. The van der Waals surface area contributed by atoms with Crippen LogP contribution in [0.5, 0.6) is 0 Å². The summed E-state index contributed by atoms with van der Waals surface area (Å²) in [4.78, 5) is 43.8. The van der Waals surface area contributed by atoms with Gasteiger partial charge in [0.1, 0.15) is 0 Å². The number of aromatic carboxylic acids is 2. The Hall–Kier alpha value is -4.08. The molecule has 0 fully saturated rings. The van der Waals surface area contributed by atoms with Gasteiger partial charge in [0.2, 0.25) is 0 Å². The van der Waals surface area contributed by atoms with Crippen LogP contribution >= 0.6 is 0 Å². The van der Waals surface area contributed by atoms with Crippen LogP contribution in [0.1, 0.15) is 31.8 Å². The fourth-order valence-electron chi connectivity index (χ4n) is 2.40. The summed E-state index contributed by atoms with van der Waals surface area (Å²) in [6.07, 6.45) is 0. The van der Waals surface area contributed by atoms with Crippen molar-refractivity contribution in [2.75, 3.05) is 0 Å². The first kappa shape index (κ1) is 18.3. The molecule has 10 heteroatoms. The molecule has 0 bridgehead atoms. The average Bonchev–Trinajstić information content (AvgIpc) is 2.58. The Bertz CT molecular complexity index is 950. The molecule has 0 unspecified atom stereocenters. The van der Waals surface area contributed by atoms with Gasteiger partial charge in [0.15, 0.2) is 0 Å². The molecule has 2 N–H and O–H groups in total. The van der Waals surface area contributed by atoms with Crippen LogP contribution in [0.2, 0.25) is 0 Å². The molecule has 0 atom stereocenters. The molecular formula is C16H10N2O8. The number of carboxylic acids is 2. The minimum absolute atomic E-state index is 0.124. The number of rotatable bonds is 6. The standard InChI is InChI=1S/C16H10N2O8/c19-15(20)11-8-4-7-10(12(11)16(21)22)14(18(25)26)13(17(23)24)9-5-2-1-3-6-9/h1-8H,(H,19,20)(H,21,22). The monoisotopic (exact) mass is 358 g/mol. The van der Waals surface area contributed by atoms with Crippen LogP contribution in [-0.4, -0.2) is 32.0 Å². The van der Waals surface area contributed by atoms with Crippen molar-refractivity contribution in [3.05, 3.63) is 91.0 Å². The van der Waals surface area contributed by atoms with E-state index in [1.807, 2.05) is 0 Å². The highest BCUT2D eigenvalue weighted by Crippen LogP contribution is 2.31. The number of nitrogens with zero attached hydrogens (tertiary/aromatic N) is 2. The fraction of sp³-hybridized carbons (Fsp3) is 0. The van der Waals surface area contributed by atoms with E-state index < -0.39 is 49.9 Å². The largest absolute Gasteiger partial charge is 0.478 e. The second-order valence-electron chi connectivity index (χ2n) is 4.92. The van der Waals surface area contributed by atoms with E-state index >= 15 is 0 Å². The predicted octanol–water partition coefficient (Wildman–Crippen LogP) is 2.46. The molecule has 2 aromatic carbocycles. The van der Waals surface area contributed by atoms with Crippen LogP contribution in [0.3, 0.4) is 0 Å². The van der Waals surface area contributed by atoms with Gasteiger partial charge < -0.3 is 10.2 Å². The van der Waals surface area contributed by atoms with Crippen molar-refractivity contribution < 1.29 is 29.6 Å². The summed E-state index contributed by atoms with van der Waals surface area (Å²) in [5.74, 6) is -3.39. The van der Waals surface area contributed by atoms with Gasteiger partial charge in [0.05, 0.1) is 32.1 Å². The van der Waals surface area contributed by atoms with Crippen molar-refractivity contribution in [3.8, 4) is 0 Å². The van der Waals surface area contributed by atoms with Crippen LogP contribution in [0.15, 0.2) is 48.5 Å². The first-order chi connectivity index (χ1) is 12.3. The Balaban J connectivity index is 2.98. The van der Waals surface area contributed by atoms with Gasteiger partial charge in [-0.15, -0.1) is 0 Å².